The van der Waals surface area contributed by atoms with Crippen molar-refractivity contribution in [3.63, 3.8) is 0 Å². The van der Waals surface area contributed by atoms with Crippen LogP contribution in [0.1, 0.15) is 12.5 Å². The van der Waals surface area contributed by atoms with Gasteiger partial charge in [-0.1, -0.05) is 41.4 Å². The molecule has 4 aromatic carbocycles. The summed E-state index contributed by atoms with van der Waals surface area (Å²) in [7, 11) is 0. The minimum atomic E-state index is -0.520. The van der Waals surface area contributed by atoms with Crippen LogP contribution in [0.2, 0.25) is 10.0 Å². The van der Waals surface area contributed by atoms with Crippen LogP contribution < -0.4 is 20.3 Å². The van der Waals surface area contributed by atoms with Gasteiger partial charge in [0.1, 0.15) is 11.4 Å². The van der Waals surface area contributed by atoms with Gasteiger partial charge in [-0.2, -0.15) is 9.78 Å². The molecule has 0 saturated heterocycles. The summed E-state index contributed by atoms with van der Waals surface area (Å²) in [6, 6.07) is 22.5. The van der Waals surface area contributed by atoms with Crippen molar-refractivity contribution in [2.75, 3.05) is 18.5 Å². The highest BCUT2D eigenvalue weighted by molar-refractivity contribution is 6.32. The van der Waals surface area contributed by atoms with Crippen molar-refractivity contribution in [2.24, 2.45) is 5.10 Å². The van der Waals surface area contributed by atoms with Gasteiger partial charge in [0, 0.05) is 16.1 Å². The summed E-state index contributed by atoms with van der Waals surface area (Å²) in [4.78, 5) is 30.7. The normalized spacial score (nSPS) is 11.4. The molecule has 6 aromatic rings. The number of halogens is 3. The Morgan fingerprint density at radius 1 is 1.04 bits per heavy atom. The number of rotatable bonds is 9. The molecule has 0 atom stereocenters. The summed E-state index contributed by atoms with van der Waals surface area (Å²) in [5.74, 6) is -0.111. The standard InChI is InChI=1S/C33H23Cl2FN4O5/c1-2-43-28-13-19(12-25(35)31(28)44-18-30(41)38-23-7-5-6-22(36)16-23)17-37-40-32(39-26-9-4-3-8-24(26)33(40)42)29-15-20-14-21(34)10-11-27(20)45-29/h3-17H,2,18H2,1H3,(H,38,41). The van der Waals surface area contributed by atoms with Gasteiger partial charge in [-0.15, -0.1) is 0 Å². The Kier molecular flexibility index (Phi) is 8.50. The molecule has 6 rings (SSSR count). The first kappa shape index (κ1) is 29.9. The fourth-order valence-corrected chi connectivity index (χ4v) is 5.06. The molecule has 1 N–H and O–H groups in total. The minimum absolute atomic E-state index is 0.135. The molecule has 0 saturated carbocycles. The molecular formula is C33H23Cl2FN4O5. The Balaban J connectivity index is 1.33. The van der Waals surface area contributed by atoms with E-state index in [1.807, 2.05) is 0 Å². The van der Waals surface area contributed by atoms with E-state index in [0.717, 1.165) is 10.1 Å². The third-order valence-corrected chi connectivity index (χ3v) is 7.08. The zero-order valence-corrected chi connectivity index (χ0v) is 25.1. The summed E-state index contributed by atoms with van der Waals surface area (Å²) in [5, 5.41) is 8.82. The fourth-order valence-electron chi connectivity index (χ4n) is 4.61. The van der Waals surface area contributed by atoms with Crippen LogP contribution in [0.3, 0.4) is 0 Å². The predicted molar refractivity (Wildman–Crippen MR) is 172 cm³/mol. The third-order valence-electron chi connectivity index (χ3n) is 6.56. The van der Waals surface area contributed by atoms with Crippen LogP contribution in [-0.4, -0.2) is 35.0 Å². The molecule has 12 heteroatoms. The topological polar surface area (TPSA) is 108 Å². The largest absolute Gasteiger partial charge is 0.490 e. The zero-order chi connectivity index (χ0) is 31.5. The van der Waals surface area contributed by atoms with E-state index in [0.29, 0.717) is 32.8 Å². The van der Waals surface area contributed by atoms with Crippen LogP contribution in [0.4, 0.5) is 10.1 Å². The Hall–Kier alpha value is -5.19. The van der Waals surface area contributed by atoms with Gasteiger partial charge in [-0.3, -0.25) is 9.59 Å². The lowest BCUT2D eigenvalue weighted by atomic mass is 10.2. The molecule has 0 spiro atoms. The maximum absolute atomic E-state index is 13.6. The number of furan rings is 1. The van der Waals surface area contributed by atoms with Crippen molar-refractivity contribution in [1.82, 2.24) is 9.66 Å². The number of amides is 1. The highest BCUT2D eigenvalue weighted by Gasteiger charge is 2.18. The lowest BCUT2D eigenvalue weighted by Gasteiger charge is -2.14. The number of hydrogen-bond acceptors (Lipinski definition) is 7. The third kappa shape index (κ3) is 6.52. The van der Waals surface area contributed by atoms with Gasteiger partial charge in [0.25, 0.3) is 11.5 Å². The summed E-state index contributed by atoms with van der Waals surface area (Å²) >= 11 is 12.7. The average molecular weight is 645 g/mol. The molecule has 226 valence electrons. The Bertz CT molecular complexity index is 2160. The SMILES string of the molecule is CCOc1cc(C=Nn2c(-c3cc4cc(Cl)ccc4o3)nc3ccccc3c2=O)cc(Cl)c1OCC(=O)Nc1cccc(F)c1. The van der Waals surface area contributed by atoms with Crippen LogP contribution >= 0.6 is 23.2 Å². The number of hydrogen-bond donors (Lipinski definition) is 1. The number of fused-ring (bicyclic) bond motifs is 2. The summed E-state index contributed by atoms with van der Waals surface area (Å²) in [6.07, 6.45) is 1.43. The summed E-state index contributed by atoms with van der Waals surface area (Å²) < 4.78 is 32.1. The fraction of sp³-hybridized carbons (Fsp3) is 0.0909. The molecular weight excluding hydrogens is 622 g/mol. The molecule has 0 aliphatic heterocycles. The highest BCUT2D eigenvalue weighted by atomic mass is 35.5. The molecule has 0 aliphatic carbocycles. The van der Waals surface area contributed by atoms with Gasteiger partial charge >= 0.3 is 0 Å². The van der Waals surface area contributed by atoms with Gasteiger partial charge < -0.3 is 19.2 Å². The number of nitrogens with one attached hydrogen (secondary N) is 1. The predicted octanol–water partition coefficient (Wildman–Crippen LogP) is 7.55. The van der Waals surface area contributed by atoms with Gasteiger partial charge in [-0.25, -0.2) is 9.37 Å². The van der Waals surface area contributed by atoms with Crippen LogP contribution in [-0.2, 0) is 4.79 Å². The number of benzene rings is 4. The number of anilines is 1. The van der Waals surface area contributed by atoms with Crippen molar-refractivity contribution < 1.29 is 23.1 Å². The van der Waals surface area contributed by atoms with Crippen molar-refractivity contribution in [3.05, 3.63) is 117 Å². The first-order chi connectivity index (χ1) is 21.8. The maximum atomic E-state index is 13.6. The number of ether oxygens (including phenoxy) is 2. The lowest BCUT2D eigenvalue weighted by Crippen LogP contribution is -2.20. The van der Waals surface area contributed by atoms with Crippen LogP contribution in [0, 0.1) is 5.82 Å². The Morgan fingerprint density at radius 2 is 1.89 bits per heavy atom. The van der Waals surface area contributed by atoms with E-state index in [1.54, 1.807) is 73.7 Å². The van der Waals surface area contributed by atoms with Gasteiger partial charge in [0.15, 0.2) is 23.9 Å². The minimum Gasteiger partial charge on any atom is -0.490 e. The van der Waals surface area contributed by atoms with E-state index in [4.69, 9.17) is 37.1 Å². The Morgan fingerprint density at radius 3 is 2.71 bits per heavy atom. The molecule has 0 unspecified atom stereocenters. The molecule has 0 fully saturated rings. The second-order valence-electron chi connectivity index (χ2n) is 9.72. The molecule has 2 aromatic heterocycles. The number of para-hydroxylation sites is 1. The van der Waals surface area contributed by atoms with E-state index in [9.17, 15) is 14.0 Å². The van der Waals surface area contributed by atoms with Gasteiger partial charge in [0.05, 0.1) is 28.7 Å². The summed E-state index contributed by atoms with van der Waals surface area (Å²) in [6.45, 7) is 1.65. The first-order valence-electron chi connectivity index (χ1n) is 13.7. The van der Waals surface area contributed by atoms with Crippen LogP contribution in [0.5, 0.6) is 11.5 Å². The molecule has 0 bridgehead atoms. The first-order valence-corrected chi connectivity index (χ1v) is 14.4. The number of nitrogens with zero attached hydrogens (tertiary/aromatic N) is 3. The lowest BCUT2D eigenvalue weighted by molar-refractivity contribution is -0.118. The molecule has 0 aliphatic rings. The number of carbonyl (C=O) groups is 1. The molecule has 45 heavy (non-hydrogen) atoms. The van der Waals surface area contributed by atoms with E-state index in [-0.39, 0.29) is 34.6 Å². The quantitative estimate of drug-likeness (QED) is 0.163. The number of carbonyl (C=O) groups excluding carboxylic acids is 1. The molecule has 0 radical (unpaired) electrons. The molecule has 9 nitrogen and oxygen atoms in total. The van der Waals surface area contributed by atoms with E-state index in [1.165, 1.54) is 24.4 Å². The number of aromatic nitrogens is 2. The van der Waals surface area contributed by atoms with Crippen LogP contribution in [0.25, 0.3) is 33.5 Å². The van der Waals surface area contributed by atoms with Crippen molar-refractivity contribution in [3.8, 4) is 23.1 Å². The van der Waals surface area contributed by atoms with Gasteiger partial charge in [-0.05, 0) is 79.2 Å². The monoisotopic (exact) mass is 644 g/mol. The zero-order valence-electron chi connectivity index (χ0n) is 23.6. The van der Waals surface area contributed by atoms with E-state index >= 15 is 0 Å². The second-order valence-corrected chi connectivity index (χ2v) is 10.6. The summed E-state index contributed by atoms with van der Waals surface area (Å²) in [5.41, 5.74) is 1.40. The van der Waals surface area contributed by atoms with E-state index < -0.39 is 23.9 Å². The van der Waals surface area contributed by atoms with Crippen molar-refractivity contribution in [2.45, 2.75) is 6.92 Å². The van der Waals surface area contributed by atoms with Gasteiger partial charge in [0.2, 0.25) is 5.82 Å². The average Bonchev–Trinajstić information content (AvgIpc) is 3.43. The Labute approximate surface area is 265 Å². The second kappa shape index (κ2) is 12.8. The smallest absolute Gasteiger partial charge is 0.282 e. The van der Waals surface area contributed by atoms with Crippen molar-refractivity contribution >= 4 is 62.9 Å². The highest BCUT2D eigenvalue weighted by Crippen LogP contribution is 2.36. The van der Waals surface area contributed by atoms with Crippen molar-refractivity contribution in [1.29, 1.82) is 0 Å². The van der Waals surface area contributed by atoms with E-state index in [2.05, 4.69) is 15.4 Å². The molecule has 2 heterocycles. The maximum Gasteiger partial charge on any atom is 0.282 e. The van der Waals surface area contributed by atoms with Crippen LogP contribution in [0.15, 0.2) is 99.2 Å². The molecule has 1 amide bonds.